The van der Waals surface area contributed by atoms with Crippen LogP contribution in [-0.4, -0.2) is 42.7 Å². The molecule has 0 aromatic carbocycles. The Labute approximate surface area is 139 Å². The summed E-state index contributed by atoms with van der Waals surface area (Å²) >= 11 is 5.85. The molecule has 1 aliphatic rings. The van der Waals surface area contributed by atoms with E-state index in [1.807, 2.05) is 13.2 Å². The maximum absolute atomic E-state index is 12.1. The van der Waals surface area contributed by atoms with Crippen molar-refractivity contribution in [3.05, 3.63) is 35.4 Å². The summed E-state index contributed by atoms with van der Waals surface area (Å²) in [6.07, 6.45) is 7.99. The molecule has 0 radical (unpaired) electrons. The van der Waals surface area contributed by atoms with Crippen LogP contribution < -0.4 is 5.32 Å². The molecule has 2 aromatic rings. The van der Waals surface area contributed by atoms with Crippen LogP contribution in [0.25, 0.3) is 0 Å². The Hall–Kier alpha value is -1.86. The number of nitrogens with zero attached hydrogens (tertiary/aromatic N) is 4. The first kappa shape index (κ1) is 16.0. The van der Waals surface area contributed by atoms with Gasteiger partial charge in [-0.15, -0.1) is 0 Å². The summed E-state index contributed by atoms with van der Waals surface area (Å²) in [6, 6.07) is -0.213. The second kappa shape index (κ2) is 6.72. The Bertz CT molecular complexity index is 683. The van der Waals surface area contributed by atoms with Gasteiger partial charge in [0.15, 0.2) is 0 Å². The van der Waals surface area contributed by atoms with E-state index in [9.17, 15) is 9.90 Å². The van der Waals surface area contributed by atoms with Gasteiger partial charge in [-0.1, -0.05) is 11.6 Å². The lowest BCUT2D eigenvalue weighted by Gasteiger charge is -2.16. The van der Waals surface area contributed by atoms with Gasteiger partial charge in [-0.25, -0.2) is 0 Å². The van der Waals surface area contributed by atoms with E-state index in [2.05, 4.69) is 15.5 Å². The number of aliphatic hydroxyl groups is 1. The van der Waals surface area contributed by atoms with E-state index in [-0.39, 0.29) is 24.3 Å². The number of aliphatic hydroxyl groups excluding tert-OH is 1. The Kier molecular flexibility index (Phi) is 4.68. The standard InChI is InChI=1S/C15H20ClN5O2/c1-20-7-11(5-17-20)4-15(23)19-13-2-10(3-14(13)22)8-21-9-12(16)6-18-21/h5-7,9-10,13-14,22H,2-4,8H2,1H3,(H,19,23)/t10?,13-,14-/m1/s1. The molecule has 3 atom stereocenters. The lowest BCUT2D eigenvalue weighted by atomic mass is 10.1. The Balaban J connectivity index is 1.51. The highest BCUT2D eigenvalue weighted by atomic mass is 35.5. The van der Waals surface area contributed by atoms with Crippen LogP contribution in [0.3, 0.4) is 0 Å². The molecule has 1 amide bonds. The van der Waals surface area contributed by atoms with Crippen molar-refractivity contribution in [3.8, 4) is 0 Å². The van der Waals surface area contributed by atoms with Gasteiger partial charge in [-0.2, -0.15) is 10.2 Å². The fourth-order valence-corrected chi connectivity index (χ4v) is 3.29. The van der Waals surface area contributed by atoms with Crippen LogP contribution in [0.15, 0.2) is 24.8 Å². The average molecular weight is 338 g/mol. The highest BCUT2D eigenvalue weighted by Crippen LogP contribution is 2.27. The number of aryl methyl sites for hydroxylation is 1. The first-order chi connectivity index (χ1) is 11.0. The van der Waals surface area contributed by atoms with Crippen LogP contribution in [0.1, 0.15) is 18.4 Å². The lowest BCUT2D eigenvalue weighted by molar-refractivity contribution is -0.121. The van der Waals surface area contributed by atoms with Gasteiger partial charge in [0.2, 0.25) is 5.91 Å². The normalized spacial score (nSPS) is 24.0. The van der Waals surface area contributed by atoms with Crippen LogP contribution >= 0.6 is 11.6 Å². The number of hydrogen-bond donors (Lipinski definition) is 2. The zero-order valence-corrected chi connectivity index (χ0v) is 13.6. The van der Waals surface area contributed by atoms with Crippen molar-refractivity contribution in [1.29, 1.82) is 0 Å². The predicted octanol–water partition coefficient (Wildman–Crippen LogP) is 0.768. The third-order valence-electron chi connectivity index (χ3n) is 4.14. The Morgan fingerprint density at radius 2 is 2.22 bits per heavy atom. The molecule has 7 nitrogen and oxygen atoms in total. The van der Waals surface area contributed by atoms with Crippen molar-refractivity contribution >= 4 is 17.5 Å². The van der Waals surface area contributed by atoms with Gasteiger partial charge in [0.05, 0.1) is 36.0 Å². The van der Waals surface area contributed by atoms with Gasteiger partial charge < -0.3 is 10.4 Å². The number of nitrogens with one attached hydrogen (secondary N) is 1. The fraction of sp³-hybridized carbons (Fsp3) is 0.533. The van der Waals surface area contributed by atoms with Crippen molar-refractivity contribution in [1.82, 2.24) is 24.9 Å². The molecule has 2 aromatic heterocycles. The highest BCUT2D eigenvalue weighted by molar-refractivity contribution is 6.30. The number of rotatable bonds is 5. The molecule has 23 heavy (non-hydrogen) atoms. The molecule has 1 aliphatic carbocycles. The summed E-state index contributed by atoms with van der Waals surface area (Å²) in [5.41, 5.74) is 0.861. The molecule has 1 saturated carbocycles. The van der Waals surface area contributed by atoms with Crippen LogP contribution in [-0.2, 0) is 24.8 Å². The molecule has 0 spiro atoms. The van der Waals surface area contributed by atoms with E-state index in [1.54, 1.807) is 28.0 Å². The van der Waals surface area contributed by atoms with Gasteiger partial charge in [0, 0.05) is 26.0 Å². The second-order valence-corrected chi connectivity index (χ2v) is 6.59. The minimum Gasteiger partial charge on any atom is -0.391 e. The smallest absolute Gasteiger partial charge is 0.224 e. The maximum atomic E-state index is 12.1. The SMILES string of the molecule is Cn1cc(CC(=O)N[C@@H]2CC(Cn3cc(Cl)cn3)C[C@H]2O)cn1. The maximum Gasteiger partial charge on any atom is 0.224 e. The van der Waals surface area contributed by atoms with E-state index in [4.69, 9.17) is 11.6 Å². The third kappa shape index (κ3) is 4.11. The molecular formula is C15H20ClN5O2. The van der Waals surface area contributed by atoms with Gasteiger partial charge in [0.25, 0.3) is 0 Å². The number of halogens is 1. The quantitative estimate of drug-likeness (QED) is 0.844. The number of carbonyl (C=O) groups excluding carboxylic acids is 1. The lowest BCUT2D eigenvalue weighted by Crippen LogP contribution is -2.40. The summed E-state index contributed by atoms with van der Waals surface area (Å²) in [5, 5.41) is 21.9. The number of amides is 1. The van der Waals surface area contributed by atoms with Gasteiger partial charge in [0.1, 0.15) is 0 Å². The van der Waals surface area contributed by atoms with Crippen LogP contribution in [0, 0.1) is 5.92 Å². The van der Waals surface area contributed by atoms with Crippen molar-refractivity contribution < 1.29 is 9.90 Å². The number of carbonyl (C=O) groups is 1. The number of hydrogen-bond acceptors (Lipinski definition) is 4. The van der Waals surface area contributed by atoms with Crippen molar-refractivity contribution in [2.45, 2.75) is 38.0 Å². The highest BCUT2D eigenvalue weighted by Gasteiger charge is 2.34. The van der Waals surface area contributed by atoms with E-state index in [0.29, 0.717) is 18.0 Å². The van der Waals surface area contributed by atoms with Gasteiger partial charge >= 0.3 is 0 Å². The molecule has 2 N–H and O–H groups in total. The van der Waals surface area contributed by atoms with Crippen LogP contribution in [0.5, 0.6) is 0 Å². The third-order valence-corrected chi connectivity index (χ3v) is 4.34. The minimum atomic E-state index is -0.524. The molecule has 1 unspecified atom stereocenters. The Morgan fingerprint density at radius 1 is 1.39 bits per heavy atom. The summed E-state index contributed by atoms with van der Waals surface area (Å²) < 4.78 is 3.44. The monoisotopic (exact) mass is 337 g/mol. The van der Waals surface area contributed by atoms with E-state index < -0.39 is 6.10 Å². The van der Waals surface area contributed by atoms with Crippen LogP contribution in [0.4, 0.5) is 0 Å². The average Bonchev–Trinajstić information content (AvgIpc) is 3.14. The topological polar surface area (TPSA) is 85.0 Å². The summed E-state index contributed by atoms with van der Waals surface area (Å²) in [6.45, 7) is 0.693. The minimum absolute atomic E-state index is 0.0927. The number of aromatic nitrogens is 4. The Morgan fingerprint density at radius 3 is 2.87 bits per heavy atom. The summed E-state index contributed by atoms with van der Waals surface area (Å²) in [4.78, 5) is 12.1. The summed E-state index contributed by atoms with van der Waals surface area (Å²) in [5.74, 6) is 0.175. The van der Waals surface area contributed by atoms with Crippen molar-refractivity contribution in [2.24, 2.45) is 13.0 Å². The first-order valence-electron chi connectivity index (χ1n) is 7.62. The molecule has 0 saturated heterocycles. The molecule has 8 heteroatoms. The van der Waals surface area contributed by atoms with Crippen molar-refractivity contribution in [2.75, 3.05) is 0 Å². The summed E-state index contributed by atoms with van der Waals surface area (Å²) in [7, 11) is 1.81. The fourth-order valence-electron chi connectivity index (χ4n) is 3.13. The molecule has 2 heterocycles. The first-order valence-corrected chi connectivity index (χ1v) is 8.00. The zero-order chi connectivity index (χ0) is 16.4. The van der Waals surface area contributed by atoms with E-state index >= 15 is 0 Å². The molecule has 0 aliphatic heterocycles. The van der Waals surface area contributed by atoms with Gasteiger partial charge in [-0.3, -0.25) is 14.2 Å². The second-order valence-electron chi connectivity index (χ2n) is 6.16. The molecular weight excluding hydrogens is 318 g/mol. The predicted molar refractivity (Wildman–Crippen MR) is 84.8 cm³/mol. The largest absolute Gasteiger partial charge is 0.391 e. The molecule has 1 fully saturated rings. The molecule has 3 rings (SSSR count). The van der Waals surface area contributed by atoms with Crippen molar-refractivity contribution in [3.63, 3.8) is 0 Å². The van der Waals surface area contributed by atoms with E-state index in [0.717, 1.165) is 12.0 Å². The zero-order valence-electron chi connectivity index (χ0n) is 12.9. The van der Waals surface area contributed by atoms with Crippen LogP contribution in [0.2, 0.25) is 5.02 Å². The molecule has 124 valence electrons. The molecule has 0 bridgehead atoms. The van der Waals surface area contributed by atoms with E-state index in [1.165, 1.54) is 0 Å². The van der Waals surface area contributed by atoms with Gasteiger partial charge in [-0.05, 0) is 24.3 Å².